The van der Waals surface area contributed by atoms with Crippen molar-refractivity contribution in [3.8, 4) is 0 Å². The Labute approximate surface area is 103 Å². The summed E-state index contributed by atoms with van der Waals surface area (Å²) in [4.78, 5) is 0. The van der Waals surface area contributed by atoms with Gasteiger partial charge in [-0.3, -0.25) is 0 Å². The van der Waals surface area contributed by atoms with Crippen molar-refractivity contribution < 1.29 is 0 Å². The second kappa shape index (κ2) is 11.0. The summed E-state index contributed by atoms with van der Waals surface area (Å²) in [6, 6.07) is 0. The summed E-state index contributed by atoms with van der Waals surface area (Å²) in [7, 11) is 0. The van der Waals surface area contributed by atoms with Crippen molar-refractivity contribution in [2.75, 3.05) is 0 Å². The average Bonchev–Trinajstić information content (AvgIpc) is 2.31. The van der Waals surface area contributed by atoms with E-state index in [-0.39, 0.29) is 0 Å². The van der Waals surface area contributed by atoms with Crippen LogP contribution in [0.3, 0.4) is 0 Å². The largest absolute Gasteiger partial charge is 0.103 e. The van der Waals surface area contributed by atoms with Crippen LogP contribution in [0.2, 0.25) is 0 Å². The first kappa shape index (κ1) is 15.5. The van der Waals surface area contributed by atoms with Gasteiger partial charge >= 0.3 is 0 Å². The molecule has 0 saturated heterocycles. The first-order chi connectivity index (χ1) is 7.70. The molecule has 0 N–H and O–H groups in total. The molecule has 0 nitrogen and oxygen atoms in total. The maximum atomic E-state index is 3.82. The molecule has 0 radical (unpaired) electrons. The third-order valence-electron chi connectivity index (χ3n) is 3.37. The van der Waals surface area contributed by atoms with Crippen molar-refractivity contribution >= 4 is 0 Å². The minimum atomic E-state index is 0.702. The van der Waals surface area contributed by atoms with Crippen LogP contribution in [0, 0.1) is 11.8 Å². The van der Waals surface area contributed by atoms with E-state index in [4.69, 9.17) is 0 Å². The molecule has 0 aliphatic carbocycles. The Morgan fingerprint density at radius 1 is 0.688 bits per heavy atom. The third kappa shape index (κ3) is 10.0. The molecule has 0 amide bonds. The average molecular weight is 222 g/mol. The highest BCUT2D eigenvalue weighted by Gasteiger charge is 1.98. The molecule has 2 atom stereocenters. The van der Waals surface area contributed by atoms with Gasteiger partial charge in [0.25, 0.3) is 0 Å². The number of rotatable bonds is 11. The molecule has 0 spiro atoms. The van der Waals surface area contributed by atoms with Crippen LogP contribution in [0.5, 0.6) is 0 Å². The smallest absolute Gasteiger partial charge is 0.0265 e. The van der Waals surface area contributed by atoms with Gasteiger partial charge < -0.3 is 0 Å². The highest BCUT2D eigenvalue weighted by Crippen LogP contribution is 2.14. The molecule has 0 heteroatoms. The first-order valence-electron chi connectivity index (χ1n) is 6.95. The Morgan fingerprint density at radius 3 is 1.31 bits per heavy atom. The fraction of sp³-hybridized carbons (Fsp3) is 0.750. The zero-order chi connectivity index (χ0) is 12.2. The maximum absolute atomic E-state index is 3.82. The molecular formula is C16H30. The lowest BCUT2D eigenvalue weighted by molar-refractivity contribution is 0.517. The third-order valence-corrected chi connectivity index (χ3v) is 3.37. The van der Waals surface area contributed by atoms with E-state index >= 15 is 0 Å². The van der Waals surface area contributed by atoms with E-state index in [1.807, 2.05) is 0 Å². The van der Waals surface area contributed by atoms with Crippen molar-refractivity contribution in [3.05, 3.63) is 25.3 Å². The molecule has 0 aliphatic rings. The zero-order valence-electron chi connectivity index (χ0n) is 11.4. The lowest BCUT2D eigenvalue weighted by atomic mass is 10.00. The van der Waals surface area contributed by atoms with E-state index in [9.17, 15) is 0 Å². The van der Waals surface area contributed by atoms with Gasteiger partial charge in [-0.2, -0.15) is 0 Å². The Hall–Kier alpha value is -0.520. The predicted octanol–water partition coefficient (Wildman–Crippen LogP) is 5.75. The lowest BCUT2D eigenvalue weighted by Crippen LogP contribution is -1.90. The summed E-state index contributed by atoms with van der Waals surface area (Å²) in [5.74, 6) is 1.40. The Bertz CT molecular complexity index is 149. The van der Waals surface area contributed by atoms with Gasteiger partial charge in [-0.1, -0.05) is 64.5 Å². The van der Waals surface area contributed by atoms with Crippen molar-refractivity contribution in [1.82, 2.24) is 0 Å². The molecule has 0 aliphatic heterocycles. The molecule has 0 rings (SSSR count). The maximum Gasteiger partial charge on any atom is -0.0265 e. The lowest BCUT2D eigenvalue weighted by Gasteiger charge is -2.06. The van der Waals surface area contributed by atoms with Crippen LogP contribution in [0.1, 0.15) is 65.2 Å². The van der Waals surface area contributed by atoms with Crippen LogP contribution in [0.25, 0.3) is 0 Å². The van der Waals surface area contributed by atoms with E-state index < -0.39 is 0 Å². The number of hydrogen-bond acceptors (Lipinski definition) is 0. The molecular weight excluding hydrogens is 192 g/mol. The van der Waals surface area contributed by atoms with Gasteiger partial charge in [0, 0.05) is 0 Å². The van der Waals surface area contributed by atoms with Gasteiger partial charge in [-0.15, -0.1) is 13.2 Å². The monoisotopic (exact) mass is 222 g/mol. The van der Waals surface area contributed by atoms with Gasteiger partial charge in [0.1, 0.15) is 0 Å². The summed E-state index contributed by atoms with van der Waals surface area (Å²) < 4.78 is 0. The highest BCUT2D eigenvalue weighted by atomic mass is 14.0. The van der Waals surface area contributed by atoms with Crippen LogP contribution < -0.4 is 0 Å². The van der Waals surface area contributed by atoms with E-state index in [2.05, 4.69) is 39.2 Å². The summed E-state index contributed by atoms with van der Waals surface area (Å²) in [5, 5.41) is 0. The van der Waals surface area contributed by atoms with Gasteiger partial charge in [0.2, 0.25) is 0 Å². The molecule has 0 aromatic heterocycles. The summed E-state index contributed by atoms with van der Waals surface area (Å²) in [6.45, 7) is 12.1. The SMILES string of the molecule is C=CC(C)CCCCCCCCC(C)C=C. The minimum Gasteiger partial charge on any atom is -0.103 e. The van der Waals surface area contributed by atoms with Crippen LogP contribution in [0.15, 0.2) is 25.3 Å². The second-order valence-electron chi connectivity index (χ2n) is 5.12. The fourth-order valence-electron chi connectivity index (χ4n) is 1.88. The van der Waals surface area contributed by atoms with Gasteiger partial charge in [0.15, 0.2) is 0 Å². The minimum absolute atomic E-state index is 0.702. The second-order valence-corrected chi connectivity index (χ2v) is 5.12. The van der Waals surface area contributed by atoms with Crippen LogP contribution >= 0.6 is 0 Å². The van der Waals surface area contributed by atoms with Gasteiger partial charge in [-0.25, -0.2) is 0 Å². The topological polar surface area (TPSA) is 0 Å². The van der Waals surface area contributed by atoms with Crippen LogP contribution in [0.4, 0.5) is 0 Å². The molecule has 16 heavy (non-hydrogen) atoms. The molecule has 0 saturated carbocycles. The van der Waals surface area contributed by atoms with E-state index in [0.717, 1.165) is 0 Å². The molecule has 0 heterocycles. The normalized spacial score (nSPS) is 14.4. The van der Waals surface area contributed by atoms with E-state index in [1.54, 1.807) is 0 Å². The first-order valence-corrected chi connectivity index (χ1v) is 6.95. The Balaban J connectivity index is 3.09. The van der Waals surface area contributed by atoms with E-state index in [0.29, 0.717) is 11.8 Å². The molecule has 0 fully saturated rings. The number of allylic oxidation sites excluding steroid dienone is 2. The Kier molecular flexibility index (Phi) is 10.6. The summed E-state index contributed by atoms with van der Waals surface area (Å²) in [6.07, 6.45) is 15.1. The van der Waals surface area contributed by atoms with Gasteiger partial charge in [0.05, 0.1) is 0 Å². The number of hydrogen-bond donors (Lipinski definition) is 0. The highest BCUT2D eigenvalue weighted by molar-refractivity contribution is 4.75. The predicted molar refractivity (Wildman–Crippen MR) is 75.7 cm³/mol. The van der Waals surface area contributed by atoms with Crippen LogP contribution in [-0.2, 0) is 0 Å². The summed E-state index contributed by atoms with van der Waals surface area (Å²) >= 11 is 0. The molecule has 0 bridgehead atoms. The molecule has 0 aromatic rings. The zero-order valence-corrected chi connectivity index (χ0v) is 11.4. The van der Waals surface area contributed by atoms with Crippen molar-refractivity contribution in [2.45, 2.75) is 65.2 Å². The summed E-state index contributed by atoms with van der Waals surface area (Å²) in [5.41, 5.74) is 0. The van der Waals surface area contributed by atoms with Crippen LogP contribution in [-0.4, -0.2) is 0 Å². The quantitative estimate of drug-likeness (QED) is 0.308. The van der Waals surface area contributed by atoms with Crippen molar-refractivity contribution in [1.29, 1.82) is 0 Å². The number of unbranched alkanes of at least 4 members (excludes halogenated alkanes) is 5. The molecule has 0 aromatic carbocycles. The molecule has 2 unspecified atom stereocenters. The van der Waals surface area contributed by atoms with Gasteiger partial charge in [-0.05, 0) is 24.7 Å². The Morgan fingerprint density at radius 2 is 1.00 bits per heavy atom. The van der Waals surface area contributed by atoms with Crippen molar-refractivity contribution in [2.24, 2.45) is 11.8 Å². The van der Waals surface area contributed by atoms with Crippen molar-refractivity contribution in [3.63, 3.8) is 0 Å². The molecule has 94 valence electrons. The standard InChI is InChI=1S/C16H30/c1-5-15(3)13-11-9-7-8-10-12-14-16(4)6-2/h5-6,15-16H,1-2,7-14H2,3-4H3. The fourth-order valence-corrected chi connectivity index (χ4v) is 1.88. The van der Waals surface area contributed by atoms with E-state index in [1.165, 1.54) is 51.4 Å².